The summed E-state index contributed by atoms with van der Waals surface area (Å²) in [5, 5.41) is 3.22. The molecule has 0 N–H and O–H groups in total. The Morgan fingerprint density at radius 2 is 2.29 bits per heavy atom. The van der Waals surface area contributed by atoms with Crippen molar-refractivity contribution in [3.05, 3.63) is 35.1 Å². The van der Waals surface area contributed by atoms with Crippen LogP contribution < -0.4 is 0 Å². The first-order chi connectivity index (χ1) is 6.81. The molecule has 14 heavy (non-hydrogen) atoms. The fourth-order valence-corrected chi connectivity index (χ4v) is 2.30. The smallest absolute Gasteiger partial charge is 0.123 e. The predicted octanol–water partition coefficient (Wildman–Crippen LogP) is 3.08. The van der Waals surface area contributed by atoms with E-state index in [1.54, 1.807) is 11.3 Å². The first-order valence-electron chi connectivity index (χ1n) is 4.66. The van der Waals surface area contributed by atoms with Gasteiger partial charge in [-0.2, -0.15) is 0 Å². The fraction of sp³-hybridized carbons (Fsp3) is 0.273. The van der Waals surface area contributed by atoms with E-state index in [0.717, 1.165) is 11.4 Å². The third kappa shape index (κ3) is 1.68. The molecule has 0 saturated heterocycles. The first kappa shape index (κ1) is 9.34. The molecule has 3 heteroatoms. The number of rotatable bonds is 2. The lowest BCUT2D eigenvalue weighted by molar-refractivity contribution is 1.06. The molecule has 0 atom stereocenters. The van der Waals surface area contributed by atoms with Gasteiger partial charge in [0.1, 0.15) is 5.01 Å². The van der Waals surface area contributed by atoms with Gasteiger partial charge in [0.15, 0.2) is 0 Å². The molecule has 2 heterocycles. The van der Waals surface area contributed by atoms with Crippen molar-refractivity contribution < 1.29 is 0 Å². The van der Waals surface area contributed by atoms with E-state index >= 15 is 0 Å². The van der Waals surface area contributed by atoms with Gasteiger partial charge in [-0.3, -0.25) is 4.98 Å². The minimum Gasteiger partial charge on any atom is -0.264 e. The third-order valence-electron chi connectivity index (χ3n) is 2.16. The third-order valence-corrected chi connectivity index (χ3v) is 3.09. The Kier molecular flexibility index (Phi) is 2.59. The highest BCUT2D eigenvalue weighted by molar-refractivity contribution is 7.13. The molecule has 2 nitrogen and oxygen atoms in total. The monoisotopic (exact) mass is 204 g/mol. The molecular formula is C11H12N2S. The number of pyridine rings is 1. The molecule has 0 spiro atoms. The quantitative estimate of drug-likeness (QED) is 0.751. The highest BCUT2D eigenvalue weighted by atomic mass is 32.1. The molecule has 2 aromatic rings. The number of hydrogen-bond acceptors (Lipinski definition) is 3. The number of aryl methyl sites for hydroxylation is 2. The average Bonchev–Trinajstić information content (AvgIpc) is 2.67. The molecule has 2 rings (SSSR count). The molecule has 0 radical (unpaired) electrons. The zero-order chi connectivity index (χ0) is 9.97. The maximum Gasteiger partial charge on any atom is 0.123 e. The van der Waals surface area contributed by atoms with Crippen LogP contribution in [0.3, 0.4) is 0 Å². The van der Waals surface area contributed by atoms with Crippen molar-refractivity contribution in [3.63, 3.8) is 0 Å². The van der Waals surface area contributed by atoms with Gasteiger partial charge < -0.3 is 0 Å². The Labute approximate surface area is 87.7 Å². The van der Waals surface area contributed by atoms with Gasteiger partial charge in [0.05, 0.1) is 5.69 Å². The summed E-state index contributed by atoms with van der Waals surface area (Å²) in [5.41, 5.74) is 3.55. The van der Waals surface area contributed by atoms with Gasteiger partial charge in [-0.25, -0.2) is 4.98 Å². The van der Waals surface area contributed by atoms with Crippen LogP contribution in [0.5, 0.6) is 0 Å². The Bertz CT molecular complexity index is 434. The molecular weight excluding hydrogens is 192 g/mol. The second kappa shape index (κ2) is 3.88. The van der Waals surface area contributed by atoms with Crippen molar-refractivity contribution in [1.29, 1.82) is 0 Å². The molecule has 0 amide bonds. The van der Waals surface area contributed by atoms with Gasteiger partial charge in [0.25, 0.3) is 0 Å². The van der Waals surface area contributed by atoms with Crippen molar-refractivity contribution in [1.82, 2.24) is 9.97 Å². The summed E-state index contributed by atoms with van der Waals surface area (Å²) in [6, 6.07) is 2.02. The molecule has 0 aromatic carbocycles. The summed E-state index contributed by atoms with van der Waals surface area (Å²) in [7, 11) is 0. The van der Waals surface area contributed by atoms with Crippen LogP contribution in [0.15, 0.2) is 23.8 Å². The SMILES string of the molecule is CCc1csc(-c2ccncc2C)n1. The summed E-state index contributed by atoms with van der Waals surface area (Å²) in [5.74, 6) is 0. The van der Waals surface area contributed by atoms with Crippen LogP contribution in [0.25, 0.3) is 10.6 Å². The molecule has 72 valence electrons. The maximum atomic E-state index is 4.55. The van der Waals surface area contributed by atoms with Gasteiger partial charge in [0.2, 0.25) is 0 Å². The van der Waals surface area contributed by atoms with Crippen molar-refractivity contribution in [2.24, 2.45) is 0 Å². The molecule has 0 fully saturated rings. The second-order valence-corrected chi connectivity index (χ2v) is 4.05. The molecule has 0 aliphatic carbocycles. The summed E-state index contributed by atoms with van der Waals surface area (Å²) in [6.07, 6.45) is 4.69. The first-order valence-corrected chi connectivity index (χ1v) is 5.54. The van der Waals surface area contributed by atoms with E-state index in [1.165, 1.54) is 16.8 Å². The zero-order valence-corrected chi connectivity index (χ0v) is 9.14. The van der Waals surface area contributed by atoms with Crippen LogP contribution in [0.1, 0.15) is 18.2 Å². The van der Waals surface area contributed by atoms with E-state index in [1.807, 2.05) is 18.5 Å². The standard InChI is InChI=1S/C11H12N2S/c1-3-9-7-14-11(13-9)10-4-5-12-6-8(10)2/h4-7H,3H2,1-2H3. The van der Waals surface area contributed by atoms with Gasteiger partial charge in [-0.15, -0.1) is 11.3 Å². The van der Waals surface area contributed by atoms with E-state index in [-0.39, 0.29) is 0 Å². The Morgan fingerprint density at radius 3 is 2.93 bits per heavy atom. The molecule has 0 aliphatic rings. The number of hydrogen-bond donors (Lipinski definition) is 0. The van der Waals surface area contributed by atoms with Crippen LogP contribution in [0.2, 0.25) is 0 Å². The Hall–Kier alpha value is -1.22. The van der Waals surface area contributed by atoms with E-state index in [4.69, 9.17) is 0 Å². The second-order valence-electron chi connectivity index (χ2n) is 3.19. The molecule has 0 unspecified atom stereocenters. The van der Waals surface area contributed by atoms with Gasteiger partial charge in [-0.05, 0) is 25.0 Å². The average molecular weight is 204 g/mol. The van der Waals surface area contributed by atoms with Crippen LogP contribution in [0, 0.1) is 6.92 Å². The van der Waals surface area contributed by atoms with Crippen LogP contribution in [0.4, 0.5) is 0 Å². The Morgan fingerprint density at radius 1 is 1.43 bits per heavy atom. The van der Waals surface area contributed by atoms with Gasteiger partial charge >= 0.3 is 0 Å². The number of aromatic nitrogens is 2. The normalized spacial score (nSPS) is 10.4. The van der Waals surface area contributed by atoms with Crippen molar-refractivity contribution in [2.45, 2.75) is 20.3 Å². The molecule has 0 saturated carbocycles. The minimum absolute atomic E-state index is 1.00. The van der Waals surface area contributed by atoms with E-state index < -0.39 is 0 Å². The van der Waals surface area contributed by atoms with Crippen molar-refractivity contribution in [3.8, 4) is 10.6 Å². The summed E-state index contributed by atoms with van der Waals surface area (Å²) in [6.45, 7) is 4.19. The lowest BCUT2D eigenvalue weighted by Crippen LogP contribution is -1.84. The van der Waals surface area contributed by atoms with Crippen LogP contribution in [-0.2, 0) is 6.42 Å². The molecule has 2 aromatic heterocycles. The van der Waals surface area contributed by atoms with Gasteiger partial charge in [0, 0.05) is 23.3 Å². The van der Waals surface area contributed by atoms with Crippen molar-refractivity contribution >= 4 is 11.3 Å². The predicted molar refractivity (Wildman–Crippen MR) is 59.5 cm³/mol. The maximum absolute atomic E-state index is 4.55. The van der Waals surface area contributed by atoms with Crippen LogP contribution >= 0.6 is 11.3 Å². The highest BCUT2D eigenvalue weighted by Crippen LogP contribution is 2.25. The van der Waals surface area contributed by atoms with Crippen LogP contribution in [-0.4, -0.2) is 9.97 Å². The largest absolute Gasteiger partial charge is 0.264 e. The Balaban J connectivity index is 2.44. The molecule has 0 bridgehead atoms. The highest BCUT2D eigenvalue weighted by Gasteiger charge is 2.05. The number of nitrogens with zero attached hydrogens (tertiary/aromatic N) is 2. The summed E-state index contributed by atoms with van der Waals surface area (Å²) >= 11 is 1.70. The minimum atomic E-state index is 1.00. The van der Waals surface area contributed by atoms with Crippen molar-refractivity contribution in [2.75, 3.05) is 0 Å². The van der Waals surface area contributed by atoms with E-state index in [0.29, 0.717) is 0 Å². The fourth-order valence-electron chi connectivity index (χ4n) is 1.31. The zero-order valence-electron chi connectivity index (χ0n) is 8.32. The van der Waals surface area contributed by atoms with E-state index in [2.05, 4.69) is 29.2 Å². The lowest BCUT2D eigenvalue weighted by atomic mass is 10.2. The topological polar surface area (TPSA) is 25.8 Å². The number of thiazole rings is 1. The lowest BCUT2D eigenvalue weighted by Gasteiger charge is -1.99. The summed E-state index contributed by atoms with van der Waals surface area (Å²) < 4.78 is 0. The summed E-state index contributed by atoms with van der Waals surface area (Å²) in [4.78, 5) is 8.62. The molecule has 0 aliphatic heterocycles. The van der Waals surface area contributed by atoms with Gasteiger partial charge in [-0.1, -0.05) is 6.92 Å². The van der Waals surface area contributed by atoms with E-state index in [9.17, 15) is 0 Å².